The highest BCUT2D eigenvalue weighted by Crippen LogP contribution is 2.24. The molecule has 0 amide bonds. The topological polar surface area (TPSA) is 16.1 Å². The molecule has 2 aromatic rings. The van der Waals surface area contributed by atoms with Crippen LogP contribution in [0.25, 0.3) is 0 Å². The second kappa shape index (κ2) is 7.30. The number of nitrogens with zero attached hydrogens (tertiary/aromatic N) is 2. The monoisotopic (exact) mass is 328 g/mol. The molecular formula is C15H18Cl2N2S. The Labute approximate surface area is 134 Å². The number of thiophene rings is 1. The van der Waals surface area contributed by atoms with Gasteiger partial charge in [0.15, 0.2) is 0 Å². The van der Waals surface area contributed by atoms with Gasteiger partial charge in [0.25, 0.3) is 0 Å². The van der Waals surface area contributed by atoms with E-state index in [9.17, 15) is 0 Å². The second-order valence-corrected chi connectivity index (χ2v) is 6.84. The number of hydrogen-bond acceptors (Lipinski definition) is 3. The molecule has 2 rings (SSSR count). The van der Waals surface area contributed by atoms with Gasteiger partial charge in [-0.2, -0.15) is 0 Å². The van der Waals surface area contributed by atoms with E-state index in [0.717, 1.165) is 40.8 Å². The Balaban J connectivity index is 2.19. The van der Waals surface area contributed by atoms with E-state index in [1.807, 2.05) is 13.1 Å². The molecule has 0 radical (unpaired) electrons. The maximum absolute atomic E-state index is 5.98. The summed E-state index contributed by atoms with van der Waals surface area (Å²) in [5.74, 6) is 1.49. The van der Waals surface area contributed by atoms with Gasteiger partial charge in [0.2, 0.25) is 0 Å². The lowest BCUT2D eigenvalue weighted by atomic mass is 10.2. The minimum absolute atomic E-state index is 0.519. The van der Waals surface area contributed by atoms with Crippen molar-refractivity contribution < 1.29 is 0 Å². The number of anilines is 1. The first kappa shape index (κ1) is 15.6. The molecule has 2 heterocycles. The quantitative estimate of drug-likeness (QED) is 0.684. The minimum Gasteiger partial charge on any atom is -0.355 e. The highest BCUT2D eigenvalue weighted by molar-refractivity contribution is 7.16. The minimum atomic E-state index is 0.519. The normalized spacial score (nSPS) is 10.8. The van der Waals surface area contributed by atoms with Gasteiger partial charge >= 0.3 is 0 Å². The number of aryl methyl sites for hydroxylation is 1. The summed E-state index contributed by atoms with van der Waals surface area (Å²) in [6.45, 7) is 2.97. The van der Waals surface area contributed by atoms with Gasteiger partial charge in [0.05, 0.1) is 10.9 Å². The van der Waals surface area contributed by atoms with Gasteiger partial charge in [-0.3, -0.25) is 0 Å². The number of aromatic nitrogens is 1. The largest absolute Gasteiger partial charge is 0.355 e. The molecule has 2 nitrogen and oxygen atoms in total. The van der Waals surface area contributed by atoms with Crippen molar-refractivity contribution in [2.24, 2.45) is 0 Å². The van der Waals surface area contributed by atoms with Crippen LogP contribution in [0.5, 0.6) is 0 Å². The Bertz CT molecular complexity index is 569. The van der Waals surface area contributed by atoms with Crippen molar-refractivity contribution in [1.29, 1.82) is 0 Å². The average Bonchev–Trinajstić information content (AvgIpc) is 2.84. The molecule has 0 fully saturated rings. The summed E-state index contributed by atoms with van der Waals surface area (Å²) >= 11 is 13.6. The van der Waals surface area contributed by atoms with Crippen molar-refractivity contribution in [3.8, 4) is 0 Å². The first-order valence-electron chi connectivity index (χ1n) is 6.63. The Morgan fingerprint density at radius 2 is 2.10 bits per heavy atom. The van der Waals surface area contributed by atoms with Crippen LogP contribution in [-0.4, -0.2) is 12.0 Å². The third-order valence-electron chi connectivity index (χ3n) is 3.00. The van der Waals surface area contributed by atoms with Gasteiger partial charge in [0, 0.05) is 23.5 Å². The SMILES string of the molecule is CCCc1cc(CCl)cc(N(C)Cc2ccc(Cl)s2)n1. The van der Waals surface area contributed by atoms with Crippen molar-refractivity contribution in [3.05, 3.63) is 44.7 Å². The van der Waals surface area contributed by atoms with Gasteiger partial charge in [-0.05, 0) is 36.2 Å². The van der Waals surface area contributed by atoms with Crippen molar-refractivity contribution in [2.75, 3.05) is 11.9 Å². The van der Waals surface area contributed by atoms with E-state index >= 15 is 0 Å². The Morgan fingerprint density at radius 3 is 2.70 bits per heavy atom. The summed E-state index contributed by atoms with van der Waals surface area (Å²) in [7, 11) is 2.05. The number of hydrogen-bond donors (Lipinski definition) is 0. The van der Waals surface area contributed by atoms with Gasteiger partial charge in [-0.25, -0.2) is 4.98 Å². The van der Waals surface area contributed by atoms with Crippen LogP contribution in [0.4, 0.5) is 5.82 Å². The summed E-state index contributed by atoms with van der Waals surface area (Å²) in [5, 5.41) is 0. The van der Waals surface area contributed by atoms with Gasteiger partial charge < -0.3 is 4.90 Å². The van der Waals surface area contributed by atoms with Crippen molar-refractivity contribution in [2.45, 2.75) is 32.2 Å². The summed E-state index contributed by atoms with van der Waals surface area (Å²) in [6.07, 6.45) is 2.07. The molecule has 2 aromatic heterocycles. The third kappa shape index (κ3) is 4.11. The molecular weight excluding hydrogens is 311 g/mol. The van der Waals surface area contributed by atoms with E-state index in [0.29, 0.717) is 5.88 Å². The van der Waals surface area contributed by atoms with Crippen LogP contribution in [0.2, 0.25) is 4.34 Å². The summed E-state index contributed by atoms with van der Waals surface area (Å²) < 4.78 is 0.822. The zero-order chi connectivity index (χ0) is 14.5. The number of halogens is 2. The molecule has 0 unspecified atom stereocenters. The first-order chi connectivity index (χ1) is 9.62. The maximum atomic E-state index is 5.98. The molecule has 0 saturated carbocycles. The van der Waals surface area contributed by atoms with Crippen LogP contribution < -0.4 is 4.90 Å². The van der Waals surface area contributed by atoms with Crippen LogP contribution in [-0.2, 0) is 18.8 Å². The zero-order valence-corrected chi connectivity index (χ0v) is 14.0. The molecule has 0 aliphatic rings. The summed E-state index contributed by atoms with van der Waals surface area (Å²) in [4.78, 5) is 8.08. The molecule has 0 N–H and O–H groups in total. The lowest BCUT2D eigenvalue weighted by Gasteiger charge is -2.19. The second-order valence-electron chi connectivity index (χ2n) is 4.77. The molecule has 0 aliphatic carbocycles. The van der Waals surface area contributed by atoms with E-state index < -0.39 is 0 Å². The van der Waals surface area contributed by atoms with Crippen molar-refractivity contribution >= 4 is 40.4 Å². The molecule has 20 heavy (non-hydrogen) atoms. The third-order valence-corrected chi connectivity index (χ3v) is 4.52. The smallest absolute Gasteiger partial charge is 0.129 e. The van der Waals surface area contributed by atoms with E-state index in [-0.39, 0.29) is 0 Å². The Hall–Kier alpha value is -0.770. The number of rotatable bonds is 6. The molecule has 0 spiro atoms. The molecule has 0 atom stereocenters. The predicted octanol–water partition coefficient (Wildman–Crippen LogP) is 5.12. The fraction of sp³-hybridized carbons (Fsp3) is 0.400. The van der Waals surface area contributed by atoms with E-state index in [4.69, 9.17) is 28.2 Å². The van der Waals surface area contributed by atoms with Crippen molar-refractivity contribution in [3.63, 3.8) is 0 Å². The van der Waals surface area contributed by atoms with Crippen molar-refractivity contribution in [1.82, 2.24) is 4.98 Å². The lowest BCUT2D eigenvalue weighted by Crippen LogP contribution is -2.17. The molecule has 108 valence electrons. The van der Waals surface area contributed by atoms with E-state index in [1.165, 1.54) is 4.88 Å². The van der Waals surface area contributed by atoms with Gasteiger partial charge in [-0.1, -0.05) is 24.9 Å². The van der Waals surface area contributed by atoms with E-state index in [2.05, 4.69) is 30.0 Å². The highest BCUT2D eigenvalue weighted by atomic mass is 35.5. The van der Waals surface area contributed by atoms with Crippen LogP contribution in [0, 0.1) is 0 Å². The summed E-state index contributed by atoms with van der Waals surface area (Å²) in [6, 6.07) is 8.14. The molecule has 0 bridgehead atoms. The highest BCUT2D eigenvalue weighted by Gasteiger charge is 2.09. The Kier molecular flexibility index (Phi) is 5.70. The van der Waals surface area contributed by atoms with Crippen LogP contribution in [0.1, 0.15) is 29.5 Å². The summed E-state index contributed by atoms with van der Waals surface area (Å²) in [5.41, 5.74) is 2.23. The fourth-order valence-corrected chi connectivity index (χ4v) is 3.34. The lowest BCUT2D eigenvalue weighted by molar-refractivity contribution is 0.851. The predicted molar refractivity (Wildman–Crippen MR) is 89.2 cm³/mol. The molecule has 0 saturated heterocycles. The van der Waals surface area contributed by atoms with Crippen LogP contribution in [0.3, 0.4) is 0 Å². The Morgan fingerprint density at radius 1 is 1.30 bits per heavy atom. The van der Waals surface area contributed by atoms with Crippen LogP contribution in [0.15, 0.2) is 24.3 Å². The molecule has 0 aromatic carbocycles. The first-order valence-corrected chi connectivity index (χ1v) is 8.36. The molecule has 5 heteroatoms. The van der Waals surface area contributed by atoms with Gasteiger partial charge in [-0.15, -0.1) is 22.9 Å². The number of alkyl halides is 1. The maximum Gasteiger partial charge on any atom is 0.129 e. The van der Waals surface area contributed by atoms with Crippen LogP contribution >= 0.6 is 34.5 Å². The average molecular weight is 329 g/mol. The van der Waals surface area contributed by atoms with E-state index in [1.54, 1.807) is 11.3 Å². The zero-order valence-electron chi connectivity index (χ0n) is 11.7. The standard InChI is InChI=1S/C15H18Cl2N2S/c1-3-4-12-7-11(9-16)8-15(18-12)19(2)10-13-5-6-14(17)20-13/h5-8H,3-4,9-10H2,1-2H3. The fourth-order valence-electron chi connectivity index (χ4n) is 2.04. The van der Waals surface area contributed by atoms with Gasteiger partial charge in [0.1, 0.15) is 5.82 Å². The number of pyridine rings is 1. The molecule has 0 aliphatic heterocycles.